The van der Waals surface area contributed by atoms with E-state index in [2.05, 4.69) is 28.9 Å². The summed E-state index contributed by atoms with van der Waals surface area (Å²) in [7, 11) is 1.70. The van der Waals surface area contributed by atoms with Crippen molar-refractivity contribution >= 4 is 48.1 Å². The lowest BCUT2D eigenvalue weighted by molar-refractivity contribution is -0.0105. The van der Waals surface area contributed by atoms with Gasteiger partial charge in [0.25, 0.3) is 0 Å². The molecule has 0 radical (unpaired) electrons. The van der Waals surface area contributed by atoms with E-state index in [1.165, 1.54) is 37.9 Å². The molecule has 0 spiro atoms. The van der Waals surface area contributed by atoms with Gasteiger partial charge in [0.15, 0.2) is 0 Å². The zero-order chi connectivity index (χ0) is 16.7. The first-order valence-electron chi connectivity index (χ1n) is 9.13. The fourth-order valence-corrected chi connectivity index (χ4v) is 4.79. The number of ether oxygens (including phenoxy) is 1. The molecule has 1 aromatic carbocycles. The molecule has 0 saturated carbocycles. The molecule has 7 heteroatoms. The van der Waals surface area contributed by atoms with Gasteiger partial charge in [0.2, 0.25) is 0 Å². The smallest absolute Gasteiger partial charge is 0.119 e. The number of hydrogen-bond acceptors (Lipinski definition) is 4. The average Bonchev–Trinajstić information content (AvgIpc) is 2.66. The molecular formula is C20H30Cl3N3O. The van der Waals surface area contributed by atoms with E-state index in [-0.39, 0.29) is 43.3 Å². The van der Waals surface area contributed by atoms with Crippen LogP contribution in [0.1, 0.15) is 37.8 Å². The van der Waals surface area contributed by atoms with E-state index in [9.17, 15) is 0 Å². The minimum absolute atomic E-state index is 0. The van der Waals surface area contributed by atoms with Crippen LogP contribution in [0.3, 0.4) is 0 Å². The predicted octanol–water partition coefficient (Wildman–Crippen LogP) is 4.63. The maximum absolute atomic E-state index is 6.79. The van der Waals surface area contributed by atoms with Gasteiger partial charge < -0.3 is 10.5 Å². The molecule has 0 amide bonds. The number of piperidine rings is 3. The molecule has 152 valence electrons. The Kier molecular flexibility index (Phi) is 9.10. The van der Waals surface area contributed by atoms with Gasteiger partial charge in [0.05, 0.1) is 12.6 Å². The van der Waals surface area contributed by atoms with Gasteiger partial charge >= 0.3 is 0 Å². The van der Waals surface area contributed by atoms with Crippen molar-refractivity contribution in [2.45, 2.75) is 38.3 Å². The van der Waals surface area contributed by atoms with Crippen molar-refractivity contribution in [1.29, 1.82) is 0 Å². The molecule has 3 aliphatic rings. The first-order chi connectivity index (χ1) is 11.7. The molecule has 4 unspecified atom stereocenters. The molecule has 3 saturated heterocycles. The van der Waals surface area contributed by atoms with Crippen LogP contribution in [0.5, 0.6) is 5.75 Å². The van der Waals surface area contributed by atoms with E-state index in [1.807, 2.05) is 18.3 Å². The van der Waals surface area contributed by atoms with Gasteiger partial charge in [-0.1, -0.05) is 13.3 Å². The third kappa shape index (κ3) is 4.46. The molecule has 4 nitrogen and oxygen atoms in total. The van der Waals surface area contributed by atoms with Crippen molar-refractivity contribution in [3.05, 3.63) is 36.0 Å². The minimum Gasteiger partial charge on any atom is -0.497 e. The highest BCUT2D eigenvalue weighted by Crippen LogP contribution is 2.42. The lowest BCUT2D eigenvalue weighted by Gasteiger charge is -2.51. The minimum atomic E-state index is 0. The topological polar surface area (TPSA) is 51.4 Å². The SMILES string of the molecule is CCC1CN2CC[C@@H]1CC2C(N)c1ccnc2ccc(OC)cc12.Cl.Cl.Cl. The summed E-state index contributed by atoms with van der Waals surface area (Å²) in [5.74, 6) is 2.57. The summed E-state index contributed by atoms with van der Waals surface area (Å²) < 4.78 is 5.40. The molecule has 1 aromatic heterocycles. The summed E-state index contributed by atoms with van der Waals surface area (Å²) in [5, 5.41) is 1.12. The number of methoxy groups -OCH3 is 1. The van der Waals surface area contributed by atoms with Crippen molar-refractivity contribution in [3.63, 3.8) is 0 Å². The van der Waals surface area contributed by atoms with Crippen LogP contribution in [0.15, 0.2) is 30.5 Å². The van der Waals surface area contributed by atoms with E-state index in [0.29, 0.717) is 6.04 Å². The number of rotatable bonds is 4. The van der Waals surface area contributed by atoms with Crippen LogP contribution in [0, 0.1) is 11.8 Å². The first kappa shape index (κ1) is 24.3. The Morgan fingerprint density at radius 1 is 1.26 bits per heavy atom. The number of nitrogens with zero attached hydrogens (tertiary/aromatic N) is 2. The van der Waals surface area contributed by atoms with Crippen LogP contribution >= 0.6 is 37.2 Å². The molecule has 2 bridgehead atoms. The molecule has 5 rings (SSSR count). The lowest BCUT2D eigenvalue weighted by Crippen LogP contribution is -2.56. The van der Waals surface area contributed by atoms with Crippen molar-refractivity contribution in [3.8, 4) is 5.75 Å². The summed E-state index contributed by atoms with van der Waals surface area (Å²) in [6.45, 7) is 4.74. The quantitative estimate of drug-likeness (QED) is 0.762. The molecule has 3 fully saturated rings. The van der Waals surface area contributed by atoms with E-state index in [1.54, 1.807) is 7.11 Å². The zero-order valence-corrected chi connectivity index (χ0v) is 18.3. The van der Waals surface area contributed by atoms with Gasteiger partial charge in [0, 0.05) is 30.2 Å². The van der Waals surface area contributed by atoms with Gasteiger partial charge in [-0.15, -0.1) is 37.2 Å². The van der Waals surface area contributed by atoms with Crippen molar-refractivity contribution < 1.29 is 4.74 Å². The molecule has 4 heterocycles. The monoisotopic (exact) mass is 433 g/mol. The summed E-state index contributed by atoms with van der Waals surface area (Å²) in [6.07, 6.45) is 5.74. The number of nitrogens with two attached hydrogens (primary N) is 1. The maximum atomic E-state index is 6.79. The number of halogens is 3. The second-order valence-electron chi connectivity index (χ2n) is 7.32. The molecule has 2 N–H and O–H groups in total. The number of pyridine rings is 1. The fourth-order valence-electron chi connectivity index (χ4n) is 4.79. The van der Waals surface area contributed by atoms with Gasteiger partial charge in [-0.2, -0.15) is 0 Å². The summed E-state index contributed by atoms with van der Waals surface area (Å²) in [4.78, 5) is 7.12. The molecule has 5 atom stereocenters. The Balaban J connectivity index is 0.00000121. The van der Waals surface area contributed by atoms with Crippen LogP contribution in [0.2, 0.25) is 0 Å². The zero-order valence-electron chi connectivity index (χ0n) is 15.8. The van der Waals surface area contributed by atoms with E-state index < -0.39 is 0 Å². The van der Waals surface area contributed by atoms with E-state index in [4.69, 9.17) is 10.5 Å². The Morgan fingerprint density at radius 2 is 2.04 bits per heavy atom. The predicted molar refractivity (Wildman–Crippen MR) is 119 cm³/mol. The number of hydrogen-bond donors (Lipinski definition) is 1. The van der Waals surface area contributed by atoms with Crippen molar-refractivity contribution in [2.24, 2.45) is 17.6 Å². The van der Waals surface area contributed by atoms with E-state index >= 15 is 0 Å². The van der Waals surface area contributed by atoms with Gasteiger partial charge in [-0.25, -0.2) is 0 Å². The van der Waals surface area contributed by atoms with Crippen LogP contribution in [-0.4, -0.2) is 36.1 Å². The second-order valence-corrected chi connectivity index (χ2v) is 7.32. The summed E-state index contributed by atoms with van der Waals surface area (Å²) in [5.41, 5.74) is 8.98. The Morgan fingerprint density at radius 3 is 2.67 bits per heavy atom. The first-order valence-corrected chi connectivity index (χ1v) is 9.13. The molecule has 0 aliphatic carbocycles. The molecular weight excluding hydrogens is 405 g/mol. The van der Waals surface area contributed by atoms with Crippen LogP contribution in [0.4, 0.5) is 0 Å². The van der Waals surface area contributed by atoms with Gasteiger partial charge in [0.1, 0.15) is 5.75 Å². The summed E-state index contributed by atoms with van der Waals surface area (Å²) >= 11 is 0. The normalized spacial score (nSPS) is 27.1. The summed E-state index contributed by atoms with van der Waals surface area (Å²) in [6, 6.07) is 8.62. The van der Waals surface area contributed by atoms with Crippen LogP contribution < -0.4 is 10.5 Å². The van der Waals surface area contributed by atoms with Crippen LogP contribution in [0.25, 0.3) is 10.9 Å². The Hall–Kier alpha value is -0.780. The largest absolute Gasteiger partial charge is 0.497 e. The van der Waals surface area contributed by atoms with E-state index in [0.717, 1.165) is 28.5 Å². The molecule has 27 heavy (non-hydrogen) atoms. The van der Waals surface area contributed by atoms with Gasteiger partial charge in [-0.3, -0.25) is 9.88 Å². The third-order valence-electron chi connectivity index (χ3n) is 6.22. The standard InChI is InChI=1S/C20H27N3O.3ClH/c1-3-13-12-23-9-7-14(13)10-19(23)20(21)16-6-8-22-18-5-4-15(24-2)11-17(16)18;;;/h4-6,8,11,13-14,19-20H,3,7,9-10,12,21H2,1-2H3;3*1H/t13?,14-,19?,20?;;;/m1.../s1. The number of benzene rings is 1. The number of aromatic nitrogens is 1. The van der Waals surface area contributed by atoms with Crippen molar-refractivity contribution in [1.82, 2.24) is 9.88 Å². The Labute approximate surface area is 180 Å². The molecule has 2 aromatic rings. The Bertz CT molecular complexity index is 745. The third-order valence-corrected chi connectivity index (χ3v) is 6.22. The highest BCUT2D eigenvalue weighted by Gasteiger charge is 2.41. The van der Waals surface area contributed by atoms with Gasteiger partial charge in [-0.05, 0) is 61.1 Å². The fraction of sp³-hybridized carbons (Fsp3) is 0.550. The second kappa shape index (κ2) is 10.1. The highest BCUT2D eigenvalue weighted by molar-refractivity contribution is 5.86. The molecule has 3 aliphatic heterocycles. The number of fused-ring (bicyclic) bond motifs is 4. The van der Waals surface area contributed by atoms with Crippen LogP contribution in [-0.2, 0) is 0 Å². The maximum Gasteiger partial charge on any atom is 0.119 e. The highest BCUT2D eigenvalue weighted by atomic mass is 35.5. The lowest BCUT2D eigenvalue weighted by atomic mass is 9.72. The van der Waals surface area contributed by atoms with Crippen molar-refractivity contribution in [2.75, 3.05) is 20.2 Å². The average molecular weight is 435 g/mol.